The lowest BCUT2D eigenvalue weighted by atomic mass is 10.1. The van der Waals surface area contributed by atoms with Crippen molar-refractivity contribution in [2.75, 3.05) is 19.7 Å². The Kier molecular flexibility index (Phi) is 3.36. The molecule has 1 unspecified atom stereocenters. The van der Waals surface area contributed by atoms with Gasteiger partial charge in [0.1, 0.15) is 11.9 Å². The van der Waals surface area contributed by atoms with E-state index in [-0.39, 0.29) is 6.10 Å². The second kappa shape index (κ2) is 5.15. The number of morpholine rings is 1. The van der Waals surface area contributed by atoms with Crippen molar-refractivity contribution in [1.82, 2.24) is 15.3 Å². The number of hydrogen-bond acceptors (Lipinski definition) is 3. The highest BCUT2D eigenvalue weighted by Gasteiger charge is 2.18. The number of aromatic nitrogens is 2. The summed E-state index contributed by atoms with van der Waals surface area (Å²) in [7, 11) is 0. The van der Waals surface area contributed by atoms with Gasteiger partial charge in [0.25, 0.3) is 0 Å². The molecule has 100 valence electrons. The molecule has 1 saturated heterocycles. The second-order valence-electron chi connectivity index (χ2n) is 5.04. The van der Waals surface area contributed by atoms with Gasteiger partial charge in [0.15, 0.2) is 0 Å². The standard InChI is InChI=1S/C15H19N3O/c1-10-3-4-12(7-11(10)2)13-8-17-15(18-13)14-9-16-5-6-19-14/h3-4,7-8,14,16H,5-6,9H2,1-2H3,(H,17,18). The predicted molar refractivity (Wildman–Crippen MR) is 75.1 cm³/mol. The number of hydrogen-bond donors (Lipinski definition) is 2. The van der Waals surface area contributed by atoms with Crippen molar-refractivity contribution in [1.29, 1.82) is 0 Å². The van der Waals surface area contributed by atoms with Crippen LogP contribution >= 0.6 is 0 Å². The lowest BCUT2D eigenvalue weighted by molar-refractivity contribution is 0.0227. The van der Waals surface area contributed by atoms with Crippen LogP contribution in [0.5, 0.6) is 0 Å². The summed E-state index contributed by atoms with van der Waals surface area (Å²) in [5.41, 5.74) is 4.82. The van der Waals surface area contributed by atoms with E-state index in [0.29, 0.717) is 0 Å². The number of ether oxygens (including phenoxy) is 1. The maximum Gasteiger partial charge on any atom is 0.137 e. The van der Waals surface area contributed by atoms with E-state index in [2.05, 4.69) is 47.3 Å². The van der Waals surface area contributed by atoms with Crippen molar-refractivity contribution in [3.63, 3.8) is 0 Å². The van der Waals surface area contributed by atoms with Crippen LogP contribution in [0.1, 0.15) is 23.1 Å². The van der Waals surface area contributed by atoms with E-state index in [1.165, 1.54) is 16.7 Å². The van der Waals surface area contributed by atoms with Gasteiger partial charge in [-0.3, -0.25) is 0 Å². The van der Waals surface area contributed by atoms with Gasteiger partial charge < -0.3 is 15.0 Å². The van der Waals surface area contributed by atoms with Gasteiger partial charge in [-0.1, -0.05) is 12.1 Å². The van der Waals surface area contributed by atoms with Crippen LogP contribution in [0.25, 0.3) is 11.3 Å². The van der Waals surface area contributed by atoms with Crippen LogP contribution in [0.2, 0.25) is 0 Å². The monoisotopic (exact) mass is 257 g/mol. The van der Waals surface area contributed by atoms with Crippen molar-refractivity contribution >= 4 is 0 Å². The summed E-state index contributed by atoms with van der Waals surface area (Å²) in [5.74, 6) is 0.903. The molecule has 1 aliphatic rings. The normalized spacial score (nSPS) is 19.6. The van der Waals surface area contributed by atoms with Crippen LogP contribution < -0.4 is 5.32 Å². The van der Waals surface area contributed by atoms with Crippen LogP contribution in [-0.2, 0) is 4.74 Å². The maximum atomic E-state index is 5.70. The molecule has 1 aliphatic heterocycles. The Hall–Kier alpha value is -1.65. The van der Waals surface area contributed by atoms with E-state index in [0.717, 1.165) is 31.2 Å². The number of nitrogens with zero attached hydrogens (tertiary/aromatic N) is 1. The van der Waals surface area contributed by atoms with E-state index in [1.807, 2.05) is 6.20 Å². The zero-order valence-electron chi connectivity index (χ0n) is 11.4. The molecule has 0 saturated carbocycles. The van der Waals surface area contributed by atoms with Crippen LogP contribution in [-0.4, -0.2) is 29.7 Å². The summed E-state index contributed by atoms with van der Waals surface area (Å²) in [4.78, 5) is 7.82. The quantitative estimate of drug-likeness (QED) is 0.868. The molecule has 4 nitrogen and oxygen atoms in total. The average Bonchev–Trinajstić information content (AvgIpc) is 2.93. The minimum Gasteiger partial charge on any atom is -0.368 e. The minimum absolute atomic E-state index is 0.0362. The molecule has 4 heteroatoms. The second-order valence-corrected chi connectivity index (χ2v) is 5.04. The van der Waals surface area contributed by atoms with E-state index in [9.17, 15) is 0 Å². The Labute approximate surface area is 113 Å². The molecule has 0 spiro atoms. The fourth-order valence-electron chi connectivity index (χ4n) is 2.30. The molecule has 0 bridgehead atoms. The first-order chi connectivity index (χ1) is 9.24. The Bertz CT molecular complexity index is 571. The first-order valence-electron chi connectivity index (χ1n) is 6.69. The molecule has 2 aromatic rings. The van der Waals surface area contributed by atoms with Gasteiger partial charge >= 0.3 is 0 Å². The summed E-state index contributed by atoms with van der Waals surface area (Å²) >= 11 is 0. The molecule has 0 radical (unpaired) electrons. The summed E-state index contributed by atoms with van der Waals surface area (Å²) in [6, 6.07) is 6.45. The summed E-state index contributed by atoms with van der Waals surface area (Å²) in [6.07, 6.45) is 1.92. The Morgan fingerprint density at radius 2 is 2.16 bits per heavy atom. The van der Waals surface area contributed by atoms with Gasteiger partial charge in [-0.15, -0.1) is 0 Å². The van der Waals surface area contributed by atoms with Crippen molar-refractivity contribution < 1.29 is 4.74 Å². The molecule has 1 aromatic carbocycles. The highest BCUT2D eigenvalue weighted by atomic mass is 16.5. The molecule has 2 N–H and O–H groups in total. The predicted octanol–water partition coefficient (Wildman–Crippen LogP) is 2.35. The molecule has 1 aromatic heterocycles. The number of nitrogens with one attached hydrogen (secondary N) is 2. The lowest BCUT2D eigenvalue weighted by Gasteiger charge is -2.21. The number of benzene rings is 1. The highest BCUT2D eigenvalue weighted by molar-refractivity contribution is 5.60. The summed E-state index contributed by atoms with van der Waals surface area (Å²) in [6.45, 7) is 6.73. The number of rotatable bonds is 2. The number of imidazole rings is 1. The van der Waals surface area contributed by atoms with E-state index in [1.54, 1.807) is 0 Å². The molecule has 1 fully saturated rings. The molecule has 1 atom stereocenters. The lowest BCUT2D eigenvalue weighted by Crippen LogP contribution is -2.33. The Morgan fingerprint density at radius 1 is 1.26 bits per heavy atom. The molecular weight excluding hydrogens is 238 g/mol. The van der Waals surface area contributed by atoms with Crippen molar-refractivity contribution in [3.8, 4) is 11.3 Å². The largest absolute Gasteiger partial charge is 0.368 e. The molecule has 0 amide bonds. The number of aryl methyl sites for hydroxylation is 2. The van der Waals surface area contributed by atoms with Gasteiger partial charge in [0, 0.05) is 13.1 Å². The Morgan fingerprint density at radius 3 is 2.89 bits per heavy atom. The fraction of sp³-hybridized carbons (Fsp3) is 0.400. The van der Waals surface area contributed by atoms with Crippen LogP contribution in [0.15, 0.2) is 24.4 Å². The molecular formula is C15H19N3O. The van der Waals surface area contributed by atoms with Gasteiger partial charge in [-0.25, -0.2) is 4.98 Å². The van der Waals surface area contributed by atoms with Crippen LogP contribution in [0.4, 0.5) is 0 Å². The summed E-state index contributed by atoms with van der Waals surface area (Å²) < 4.78 is 5.70. The van der Waals surface area contributed by atoms with Gasteiger partial charge in [-0.2, -0.15) is 0 Å². The maximum absolute atomic E-state index is 5.70. The molecule has 19 heavy (non-hydrogen) atoms. The smallest absolute Gasteiger partial charge is 0.137 e. The highest BCUT2D eigenvalue weighted by Crippen LogP contribution is 2.23. The van der Waals surface area contributed by atoms with E-state index < -0.39 is 0 Å². The zero-order chi connectivity index (χ0) is 13.2. The van der Waals surface area contributed by atoms with Crippen LogP contribution in [0, 0.1) is 13.8 Å². The molecule has 3 rings (SSSR count). The summed E-state index contributed by atoms with van der Waals surface area (Å²) in [5, 5.41) is 3.31. The molecule has 0 aliphatic carbocycles. The third-order valence-electron chi connectivity index (χ3n) is 3.65. The van der Waals surface area contributed by atoms with Crippen molar-refractivity contribution in [2.45, 2.75) is 20.0 Å². The zero-order valence-corrected chi connectivity index (χ0v) is 11.4. The topological polar surface area (TPSA) is 49.9 Å². The van der Waals surface area contributed by atoms with Crippen molar-refractivity contribution in [3.05, 3.63) is 41.3 Å². The third kappa shape index (κ3) is 2.55. The van der Waals surface area contributed by atoms with Gasteiger partial charge in [-0.05, 0) is 36.6 Å². The van der Waals surface area contributed by atoms with Crippen LogP contribution in [0.3, 0.4) is 0 Å². The Balaban J connectivity index is 1.85. The molecule has 2 heterocycles. The van der Waals surface area contributed by atoms with E-state index in [4.69, 9.17) is 4.74 Å². The number of H-pyrrole nitrogens is 1. The minimum atomic E-state index is 0.0362. The average molecular weight is 257 g/mol. The van der Waals surface area contributed by atoms with Gasteiger partial charge in [0.2, 0.25) is 0 Å². The number of aromatic amines is 1. The van der Waals surface area contributed by atoms with Crippen molar-refractivity contribution in [2.24, 2.45) is 0 Å². The SMILES string of the molecule is Cc1ccc(-c2cnc(C3CNCCO3)[nH]2)cc1C. The van der Waals surface area contributed by atoms with Gasteiger partial charge in [0.05, 0.1) is 18.5 Å². The fourth-order valence-corrected chi connectivity index (χ4v) is 2.30. The first-order valence-corrected chi connectivity index (χ1v) is 6.69. The third-order valence-corrected chi connectivity index (χ3v) is 3.65. The first kappa shape index (κ1) is 12.4. The van der Waals surface area contributed by atoms with E-state index >= 15 is 0 Å².